The summed E-state index contributed by atoms with van der Waals surface area (Å²) in [5.74, 6) is 1.35. The monoisotopic (exact) mass is 959 g/mol. The lowest BCUT2D eigenvalue weighted by Gasteiger charge is -2.37. The molecule has 368 valence electrons. The number of carbonyl (C=O) groups excluding carboxylic acids is 5. The van der Waals surface area contributed by atoms with Crippen LogP contribution in [0.1, 0.15) is 69.0 Å². The van der Waals surface area contributed by atoms with Crippen LogP contribution in [0.4, 0.5) is 14.4 Å². The Morgan fingerprint density at radius 2 is 1.17 bits per heavy atom. The van der Waals surface area contributed by atoms with Gasteiger partial charge in [-0.2, -0.15) is 0 Å². The Morgan fingerprint density at radius 3 is 1.67 bits per heavy atom. The first-order valence-electron chi connectivity index (χ1n) is 23.3. The number of morpholine rings is 1. The fourth-order valence-corrected chi connectivity index (χ4v) is 9.36. The van der Waals surface area contributed by atoms with Crippen molar-refractivity contribution >= 4 is 30.1 Å². The number of hydrogen-bond acceptors (Lipinski definition) is 13. The zero-order valence-electron chi connectivity index (χ0n) is 39.9. The van der Waals surface area contributed by atoms with Crippen molar-refractivity contribution < 1.29 is 52.4 Å². The van der Waals surface area contributed by atoms with E-state index < -0.39 is 48.6 Å². The van der Waals surface area contributed by atoms with E-state index in [9.17, 15) is 24.0 Å². The van der Waals surface area contributed by atoms with Crippen molar-refractivity contribution in [1.82, 2.24) is 45.3 Å². The number of fused-ring (bicyclic) bond motifs is 2. The molecule has 5 aromatic rings. The van der Waals surface area contributed by atoms with Gasteiger partial charge in [0.1, 0.15) is 35.9 Å². The Kier molecular flexibility index (Phi) is 13.7. The summed E-state index contributed by atoms with van der Waals surface area (Å²) in [6, 6.07) is 17.1. The molecule has 0 bridgehead atoms. The normalized spacial score (nSPS) is 19.2. The second-order valence-corrected chi connectivity index (χ2v) is 18.4. The molecule has 2 fully saturated rings. The molecule has 0 spiro atoms. The molecule has 5 atom stereocenters. The maximum absolute atomic E-state index is 14.3. The average Bonchev–Trinajstić information content (AvgIpc) is 4.24. The van der Waals surface area contributed by atoms with Gasteiger partial charge < -0.3 is 58.8 Å². The molecule has 0 radical (unpaired) electrons. The van der Waals surface area contributed by atoms with Crippen molar-refractivity contribution in [3.8, 4) is 45.1 Å². The summed E-state index contributed by atoms with van der Waals surface area (Å²) in [5.41, 5.74) is 7.15. The topological polar surface area (TPSA) is 232 Å². The minimum atomic E-state index is -0.904. The largest absolute Gasteiger partial charge is 0.454 e. The van der Waals surface area contributed by atoms with Crippen molar-refractivity contribution in [3.05, 3.63) is 95.8 Å². The molecule has 1 unspecified atom stereocenters. The fraction of sp³-hybridized carbons (Fsp3) is 0.420. The van der Waals surface area contributed by atoms with Crippen LogP contribution >= 0.6 is 0 Å². The molecule has 0 saturated carbocycles. The highest BCUT2D eigenvalue weighted by Gasteiger charge is 2.44. The van der Waals surface area contributed by atoms with E-state index in [4.69, 9.17) is 33.4 Å². The van der Waals surface area contributed by atoms with Gasteiger partial charge in [-0.15, -0.1) is 0 Å². The van der Waals surface area contributed by atoms with E-state index in [0.717, 1.165) is 44.8 Å². The van der Waals surface area contributed by atoms with Gasteiger partial charge in [0.2, 0.25) is 18.6 Å². The highest BCUT2D eigenvalue weighted by molar-refractivity contribution is 5.87. The SMILES string of the molecule is COC(=O)N[C@H](C(=O)N1C[C@@H](OC(=O)N2Cc3cc4c(cc3C2)OCO4)CC1c1ncc(-c2ccc(-c3ccc(-c4cnc([C@@H]5COCCN5C(=O)[C@@H](NC(=O)OC)C(C)C)[nH]4)cc3)cc2)[nH]1)C(C)C. The summed E-state index contributed by atoms with van der Waals surface area (Å²) in [7, 11) is 2.51. The van der Waals surface area contributed by atoms with Gasteiger partial charge in [-0.3, -0.25) is 14.5 Å². The molecule has 2 saturated heterocycles. The standard InChI is InChI=1S/C50H57N9O11/c1-27(2)42(55-48(62)65-5)46(60)58-15-16-67-25-39(58)45-52-21-37(54-45)32-13-9-30(10-14-32)29-7-11-31(12-8-29)36-20-51-44(53-36)38-19-35(24-59(38)47(61)43(28(3)4)56-49(63)66-6)70-50(64)57-22-33-17-40-41(69-26-68-40)18-34(33)23-57/h7-14,17-18,20-21,27-28,35,38-39,42-43H,15-16,19,22-26H2,1-6H3,(H,51,53)(H,52,54)(H,55,62)(H,56,63)/t35-,38?,39-,42-,43-/m0/s1. The Labute approximate surface area is 404 Å². The summed E-state index contributed by atoms with van der Waals surface area (Å²) in [6.45, 7) is 9.33. The van der Waals surface area contributed by atoms with Gasteiger partial charge in [0.05, 0.1) is 63.8 Å². The first kappa shape index (κ1) is 47.5. The van der Waals surface area contributed by atoms with Crippen LogP contribution < -0.4 is 20.1 Å². The zero-order chi connectivity index (χ0) is 49.2. The van der Waals surface area contributed by atoms with Crippen molar-refractivity contribution in [2.75, 3.05) is 47.3 Å². The van der Waals surface area contributed by atoms with E-state index in [-0.39, 0.29) is 50.0 Å². The second-order valence-electron chi connectivity index (χ2n) is 18.4. The third-order valence-corrected chi connectivity index (χ3v) is 13.2. The number of H-pyrrole nitrogens is 2. The Morgan fingerprint density at radius 1 is 0.686 bits per heavy atom. The number of imidazole rings is 2. The molecule has 20 heteroatoms. The zero-order valence-corrected chi connectivity index (χ0v) is 39.9. The molecule has 9 rings (SSSR count). The van der Waals surface area contributed by atoms with Gasteiger partial charge in [0.25, 0.3) is 0 Å². The van der Waals surface area contributed by atoms with E-state index in [0.29, 0.717) is 49.4 Å². The van der Waals surface area contributed by atoms with Crippen LogP contribution in [0.25, 0.3) is 33.6 Å². The molecule has 4 aliphatic heterocycles. The molecule has 5 amide bonds. The molecule has 6 heterocycles. The van der Waals surface area contributed by atoms with Crippen LogP contribution in [0.5, 0.6) is 11.5 Å². The van der Waals surface area contributed by atoms with Crippen LogP contribution in [0.2, 0.25) is 0 Å². The highest BCUT2D eigenvalue weighted by Crippen LogP contribution is 2.40. The van der Waals surface area contributed by atoms with E-state index >= 15 is 0 Å². The molecule has 20 nitrogen and oxygen atoms in total. The van der Waals surface area contributed by atoms with Crippen molar-refractivity contribution in [2.24, 2.45) is 11.8 Å². The van der Waals surface area contributed by atoms with Gasteiger partial charge in [-0.25, -0.2) is 24.4 Å². The lowest BCUT2D eigenvalue weighted by Crippen LogP contribution is -2.54. The maximum atomic E-state index is 14.3. The first-order chi connectivity index (χ1) is 33.8. The number of nitrogens with one attached hydrogen (secondary N) is 4. The number of nitrogens with zero attached hydrogens (tertiary/aromatic N) is 5. The van der Waals surface area contributed by atoms with E-state index in [2.05, 4.69) is 25.6 Å². The van der Waals surface area contributed by atoms with Gasteiger partial charge in [0, 0.05) is 26.1 Å². The number of hydrogen-bond donors (Lipinski definition) is 4. The van der Waals surface area contributed by atoms with Gasteiger partial charge in [-0.1, -0.05) is 76.2 Å². The number of carbonyl (C=O) groups is 5. The number of aromatic amines is 2. The third-order valence-electron chi connectivity index (χ3n) is 13.2. The van der Waals surface area contributed by atoms with Crippen LogP contribution in [-0.4, -0.2) is 130 Å². The van der Waals surface area contributed by atoms with Crippen LogP contribution in [0.3, 0.4) is 0 Å². The van der Waals surface area contributed by atoms with Crippen molar-refractivity contribution in [3.63, 3.8) is 0 Å². The number of aromatic nitrogens is 4. The Balaban J connectivity index is 0.875. The average molecular weight is 960 g/mol. The number of alkyl carbamates (subject to hydrolysis) is 2. The molecule has 70 heavy (non-hydrogen) atoms. The quantitative estimate of drug-likeness (QED) is 0.101. The minimum absolute atomic E-state index is 0.0920. The smallest absolute Gasteiger partial charge is 0.410 e. The highest BCUT2D eigenvalue weighted by atomic mass is 16.7. The summed E-state index contributed by atoms with van der Waals surface area (Å²) >= 11 is 0. The molecule has 4 N–H and O–H groups in total. The molecule has 4 aliphatic rings. The van der Waals surface area contributed by atoms with Crippen LogP contribution in [0.15, 0.2) is 73.1 Å². The molecule has 3 aromatic carbocycles. The number of ether oxygens (including phenoxy) is 6. The molecular formula is C50H57N9O11. The first-order valence-corrected chi connectivity index (χ1v) is 23.3. The number of methoxy groups -OCH3 is 2. The Hall–Kier alpha value is -7.61. The number of rotatable bonds is 12. The molecule has 0 aliphatic carbocycles. The van der Waals surface area contributed by atoms with Crippen molar-refractivity contribution in [1.29, 1.82) is 0 Å². The van der Waals surface area contributed by atoms with Gasteiger partial charge in [-0.05, 0) is 57.3 Å². The van der Waals surface area contributed by atoms with E-state index in [1.165, 1.54) is 14.2 Å². The second kappa shape index (κ2) is 20.2. The predicted molar refractivity (Wildman–Crippen MR) is 252 cm³/mol. The summed E-state index contributed by atoms with van der Waals surface area (Å²) < 4.78 is 32.5. The lowest BCUT2D eigenvalue weighted by atomic mass is 10.0. The fourth-order valence-electron chi connectivity index (χ4n) is 9.36. The number of benzene rings is 3. The number of likely N-dealkylation sites (tertiary alicyclic amines) is 1. The van der Waals surface area contributed by atoms with Crippen LogP contribution in [-0.2, 0) is 41.6 Å². The molecular weight excluding hydrogens is 903 g/mol. The van der Waals surface area contributed by atoms with Crippen LogP contribution in [0, 0.1) is 11.8 Å². The Bertz CT molecular complexity index is 2700. The summed E-state index contributed by atoms with van der Waals surface area (Å²) in [5, 5.41) is 5.35. The van der Waals surface area contributed by atoms with Gasteiger partial charge in [0.15, 0.2) is 11.5 Å². The summed E-state index contributed by atoms with van der Waals surface area (Å²) in [4.78, 5) is 87.2. The van der Waals surface area contributed by atoms with E-state index in [1.807, 2.05) is 88.4 Å². The maximum Gasteiger partial charge on any atom is 0.410 e. The van der Waals surface area contributed by atoms with E-state index in [1.54, 1.807) is 27.1 Å². The molecule has 2 aromatic heterocycles. The third kappa shape index (κ3) is 9.81. The predicted octanol–water partition coefficient (Wildman–Crippen LogP) is 6.32. The number of amides is 5. The van der Waals surface area contributed by atoms with Crippen molar-refractivity contribution in [2.45, 2.75) is 77.5 Å². The minimum Gasteiger partial charge on any atom is -0.454 e. The van der Waals surface area contributed by atoms with Gasteiger partial charge >= 0.3 is 18.3 Å². The summed E-state index contributed by atoms with van der Waals surface area (Å²) in [6.07, 6.45) is 1.18. The lowest BCUT2D eigenvalue weighted by molar-refractivity contribution is -0.143.